The molecular formula is C9H10N2O2S. The quantitative estimate of drug-likeness (QED) is 0.838. The van der Waals surface area contributed by atoms with Gasteiger partial charge in [-0.15, -0.1) is 11.3 Å². The van der Waals surface area contributed by atoms with Gasteiger partial charge in [0.05, 0.1) is 11.0 Å². The summed E-state index contributed by atoms with van der Waals surface area (Å²) < 4.78 is 5.05. The van der Waals surface area contributed by atoms with Gasteiger partial charge in [-0.05, 0) is 18.4 Å². The Morgan fingerprint density at radius 3 is 3.14 bits per heavy atom. The molecule has 1 atom stereocenters. The van der Waals surface area contributed by atoms with E-state index in [-0.39, 0.29) is 0 Å². The summed E-state index contributed by atoms with van der Waals surface area (Å²) in [5.41, 5.74) is 0. The van der Waals surface area contributed by atoms with E-state index in [0.29, 0.717) is 18.1 Å². The van der Waals surface area contributed by atoms with E-state index in [2.05, 4.69) is 10.1 Å². The second kappa shape index (κ2) is 3.89. The lowest BCUT2D eigenvalue weighted by molar-refractivity contribution is 0.191. The Labute approximate surface area is 85.2 Å². The van der Waals surface area contributed by atoms with Crippen LogP contribution in [-0.4, -0.2) is 21.4 Å². The molecule has 0 aliphatic rings. The Morgan fingerprint density at radius 1 is 1.64 bits per heavy atom. The molecule has 0 saturated carbocycles. The molecule has 0 amide bonds. The summed E-state index contributed by atoms with van der Waals surface area (Å²) in [7, 11) is 0. The van der Waals surface area contributed by atoms with Crippen LogP contribution in [0.2, 0.25) is 0 Å². The van der Waals surface area contributed by atoms with Gasteiger partial charge in [-0.3, -0.25) is 0 Å². The van der Waals surface area contributed by atoms with Crippen LogP contribution in [0.5, 0.6) is 0 Å². The van der Waals surface area contributed by atoms with Crippen molar-refractivity contribution in [2.45, 2.75) is 19.4 Å². The van der Waals surface area contributed by atoms with Gasteiger partial charge >= 0.3 is 0 Å². The normalized spacial score (nSPS) is 13.0. The van der Waals surface area contributed by atoms with Crippen LogP contribution in [0, 0.1) is 0 Å². The maximum atomic E-state index is 9.13. The molecule has 2 aromatic heterocycles. The van der Waals surface area contributed by atoms with Crippen molar-refractivity contribution in [2.75, 3.05) is 0 Å². The van der Waals surface area contributed by atoms with Crippen LogP contribution in [-0.2, 0) is 6.42 Å². The molecule has 1 unspecified atom stereocenters. The van der Waals surface area contributed by atoms with Crippen LogP contribution < -0.4 is 0 Å². The topological polar surface area (TPSA) is 59.2 Å². The van der Waals surface area contributed by atoms with E-state index in [0.717, 1.165) is 4.88 Å². The third-order valence-electron chi connectivity index (χ3n) is 1.68. The van der Waals surface area contributed by atoms with Crippen molar-refractivity contribution < 1.29 is 9.63 Å². The molecule has 0 bridgehead atoms. The smallest absolute Gasteiger partial charge is 0.267 e. The highest BCUT2D eigenvalue weighted by Crippen LogP contribution is 2.22. The lowest BCUT2D eigenvalue weighted by Crippen LogP contribution is -2.05. The van der Waals surface area contributed by atoms with Crippen molar-refractivity contribution in [1.82, 2.24) is 10.1 Å². The van der Waals surface area contributed by atoms with E-state index in [1.165, 1.54) is 0 Å². The van der Waals surface area contributed by atoms with Crippen molar-refractivity contribution >= 4 is 11.3 Å². The predicted octanol–water partition coefficient (Wildman–Crippen LogP) is 1.72. The summed E-state index contributed by atoms with van der Waals surface area (Å²) in [6, 6.07) is 3.85. The van der Waals surface area contributed by atoms with Crippen molar-refractivity contribution in [2.24, 2.45) is 0 Å². The van der Waals surface area contributed by atoms with Crippen LogP contribution >= 0.6 is 11.3 Å². The number of hydrogen-bond acceptors (Lipinski definition) is 5. The summed E-state index contributed by atoms with van der Waals surface area (Å²) in [5.74, 6) is 1.07. The highest BCUT2D eigenvalue weighted by molar-refractivity contribution is 7.13. The fraction of sp³-hybridized carbons (Fsp3) is 0.333. The van der Waals surface area contributed by atoms with Crippen LogP contribution in [0.15, 0.2) is 22.0 Å². The molecule has 0 aliphatic heterocycles. The predicted molar refractivity (Wildman–Crippen MR) is 53.0 cm³/mol. The Morgan fingerprint density at radius 2 is 2.50 bits per heavy atom. The fourth-order valence-electron chi connectivity index (χ4n) is 1.10. The minimum Gasteiger partial charge on any atom is -0.393 e. The van der Waals surface area contributed by atoms with E-state index in [1.807, 2.05) is 17.5 Å². The van der Waals surface area contributed by atoms with E-state index in [4.69, 9.17) is 9.63 Å². The zero-order valence-corrected chi connectivity index (χ0v) is 8.49. The molecule has 0 spiro atoms. The fourth-order valence-corrected chi connectivity index (χ4v) is 1.75. The average Bonchev–Trinajstić information content (AvgIpc) is 2.69. The molecule has 5 heteroatoms. The molecule has 0 saturated heterocycles. The number of aliphatic hydroxyl groups excluding tert-OH is 1. The molecule has 0 fully saturated rings. The zero-order valence-electron chi connectivity index (χ0n) is 7.67. The molecule has 2 rings (SSSR count). The maximum absolute atomic E-state index is 9.13. The molecular weight excluding hydrogens is 200 g/mol. The molecule has 14 heavy (non-hydrogen) atoms. The van der Waals surface area contributed by atoms with Gasteiger partial charge in [0.2, 0.25) is 0 Å². The average molecular weight is 210 g/mol. The van der Waals surface area contributed by atoms with E-state index < -0.39 is 6.10 Å². The molecule has 2 heterocycles. The standard InChI is InChI=1S/C9H10N2O2S/c1-6(12)5-8-10-9(13-11-8)7-3-2-4-14-7/h2-4,6,12H,5H2,1H3. The third kappa shape index (κ3) is 2.00. The van der Waals surface area contributed by atoms with E-state index >= 15 is 0 Å². The van der Waals surface area contributed by atoms with E-state index in [9.17, 15) is 0 Å². The number of aromatic nitrogens is 2. The van der Waals surface area contributed by atoms with Gasteiger partial charge in [0, 0.05) is 6.42 Å². The largest absolute Gasteiger partial charge is 0.393 e. The Hall–Kier alpha value is -1.20. The van der Waals surface area contributed by atoms with Crippen LogP contribution in [0.25, 0.3) is 10.8 Å². The Kier molecular flexibility index (Phi) is 2.60. The highest BCUT2D eigenvalue weighted by Gasteiger charge is 2.10. The van der Waals surface area contributed by atoms with Gasteiger partial charge < -0.3 is 9.63 Å². The monoisotopic (exact) mass is 210 g/mol. The summed E-state index contributed by atoms with van der Waals surface area (Å²) in [6.07, 6.45) is -0.0155. The molecule has 4 nitrogen and oxygen atoms in total. The lowest BCUT2D eigenvalue weighted by atomic mass is 10.3. The first-order valence-corrected chi connectivity index (χ1v) is 5.18. The SMILES string of the molecule is CC(O)Cc1noc(-c2cccs2)n1. The zero-order chi connectivity index (χ0) is 9.97. The molecule has 1 N–H and O–H groups in total. The Balaban J connectivity index is 2.18. The van der Waals surface area contributed by atoms with E-state index in [1.54, 1.807) is 18.3 Å². The number of nitrogens with zero attached hydrogens (tertiary/aromatic N) is 2. The van der Waals surface area contributed by atoms with Crippen LogP contribution in [0.1, 0.15) is 12.7 Å². The first-order chi connectivity index (χ1) is 6.75. The first kappa shape index (κ1) is 9.36. The molecule has 74 valence electrons. The van der Waals surface area contributed by atoms with Gasteiger partial charge in [-0.25, -0.2) is 0 Å². The van der Waals surface area contributed by atoms with Gasteiger partial charge in [0.1, 0.15) is 0 Å². The van der Waals surface area contributed by atoms with Gasteiger partial charge in [-0.1, -0.05) is 11.2 Å². The highest BCUT2D eigenvalue weighted by atomic mass is 32.1. The minimum atomic E-state index is -0.441. The summed E-state index contributed by atoms with van der Waals surface area (Å²) >= 11 is 1.55. The summed E-state index contributed by atoms with van der Waals surface area (Å²) in [5, 5.41) is 14.9. The second-order valence-corrected chi connectivity index (χ2v) is 3.99. The number of hydrogen-bond donors (Lipinski definition) is 1. The molecule has 0 aromatic carbocycles. The number of aliphatic hydroxyl groups is 1. The number of rotatable bonds is 3. The first-order valence-electron chi connectivity index (χ1n) is 4.30. The lowest BCUT2D eigenvalue weighted by Gasteiger charge is -1.95. The van der Waals surface area contributed by atoms with Crippen molar-refractivity contribution in [3.05, 3.63) is 23.3 Å². The summed E-state index contributed by atoms with van der Waals surface area (Å²) in [4.78, 5) is 5.12. The summed E-state index contributed by atoms with van der Waals surface area (Å²) in [6.45, 7) is 1.70. The van der Waals surface area contributed by atoms with Crippen LogP contribution in [0.4, 0.5) is 0 Å². The third-order valence-corrected chi connectivity index (χ3v) is 2.54. The van der Waals surface area contributed by atoms with Crippen molar-refractivity contribution in [1.29, 1.82) is 0 Å². The minimum absolute atomic E-state index is 0.425. The van der Waals surface area contributed by atoms with Crippen molar-refractivity contribution in [3.8, 4) is 10.8 Å². The van der Waals surface area contributed by atoms with Crippen molar-refractivity contribution in [3.63, 3.8) is 0 Å². The van der Waals surface area contributed by atoms with Gasteiger partial charge in [0.25, 0.3) is 5.89 Å². The van der Waals surface area contributed by atoms with Gasteiger partial charge in [0.15, 0.2) is 5.82 Å². The van der Waals surface area contributed by atoms with Gasteiger partial charge in [-0.2, -0.15) is 4.98 Å². The molecule has 2 aromatic rings. The molecule has 0 radical (unpaired) electrons. The maximum Gasteiger partial charge on any atom is 0.267 e. The molecule has 0 aliphatic carbocycles. The second-order valence-electron chi connectivity index (χ2n) is 3.05. The number of thiophene rings is 1. The Bertz CT molecular complexity index is 395. The van der Waals surface area contributed by atoms with Crippen LogP contribution in [0.3, 0.4) is 0 Å².